The molecule has 2 heterocycles. The number of benzene rings is 1. The number of nitrogens with zero attached hydrogens (tertiary/aromatic N) is 1. The van der Waals surface area contributed by atoms with Crippen LogP contribution in [0.15, 0.2) is 41.1 Å². The normalized spacial score (nSPS) is 22.2. The number of rotatable bonds is 4. The Morgan fingerprint density at radius 1 is 1.44 bits per heavy atom. The number of esters is 1. The van der Waals surface area contributed by atoms with Crippen molar-refractivity contribution >= 4 is 18.0 Å². The second-order valence-corrected chi connectivity index (χ2v) is 6.12. The van der Waals surface area contributed by atoms with E-state index < -0.39 is 5.97 Å². The summed E-state index contributed by atoms with van der Waals surface area (Å²) in [4.78, 5) is 26.7. The van der Waals surface area contributed by atoms with Gasteiger partial charge in [-0.25, -0.2) is 4.79 Å². The maximum atomic E-state index is 12.9. The Morgan fingerprint density at radius 3 is 2.84 bits per heavy atom. The van der Waals surface area contributed by atoms with Gasteiger partial charge in [0, 0.05) is 17.9 Å². The van der Waals surface area contributed by atoms with Gasteiger partial charge < -0.3 is 19.5 Å². The number of para-hydroxylation sites is 1. The van der Waals surface area contributed by atoms with E-state index >= 15 is 0 Å². The number of methoxy groups -OCH3 is 1. The molecule has 0 aromatic heterocycles. The lowest BCUT2D eigenvalue weighted by atomic mass is 10.0. The maximum absolute atomic E-state index is 12.9. The largest absolute Gasteiger partial charge is 0.507 e. The fraction of sp³-hybridized carbons (Fsp3) is 0.368. The Morgan fingerprint density at radius 2 is 2.20 bits per heavy atom. The molecule has 1 atom stereocenters. The molecule has 6 heteroatoms. The molecule has 0 saturated carbocycles. The Bertz CT molecular complexity index is 759. The van der Waals surface area contributed by atoms with Crippen LogP contribution in [0.3, 0.4) is 0 Å². The highest BCUT2D eigenvalue weighted by Crippen LogP contribution is 2.33. The average molecular weight is 343 g/mol. The Labute approximate surface area is 146 Å². The van der Waals surface area contributed by atoms with Crippen molar-refractivity contribution in [3.8, 4) is 5.75 Å². The summed E-state index contributed by atoms with van der Waals surface area (Å²) in [5.74, 6) is -0.804. The van der Waals surface area contributed by atoms with Gasteiger partial charge in [0.1, 0.15) is 5.75 Å². The predicted molar refractivity (Wildman–Crippen MR) is 91.5 cm³/mol. The minimum Gasteiger partial charge on any atom is -0.507 e. The van der Waals surface area contributed by atoms with Crippen molar-refractivity contribution in [3.63, 3.8) is 0 Å². The van der Waals surface area contributed by atoms with Crippen molar-refractivity contribution < 1.29 is 24.2 Å². The summed E-state index contributed by atoms with van der Waals surface area (Å²) in [5.41, 5.74) is 1.48. The summed E-state index contributed by atoms with van der Waals surface area (Å²) in [6, 6.07) is 6.66. The van der Waals surface area contributed by atoms with Crippen LogP contribution in [0.1, 0.15) is 25.3 Å². The molecule has 1 saturated heterocycles. The molecule has 1 aromatic carbocycles. The summed E-state index contributed by atoms with van der Waals surface area (Å²) in [6.07, 6.45) is 3.37. The maximum Gasteiger partial charge on any atom is 0.340 e. The van der Waals surface area contributed by atoms with Crippen molar-refractivity contribution in [1.82, 2.24) is 4.90 Å². The van der Waals surface area contributed by atoms with Gasteiger partial charge in [-0.3, -0.25) is 4.79 Å². The van der Waals surface area contributed by atoms with Gasteiger partial charge in [-0.15, -0.1) is 0 Å². The molecule has 0 aliphatic carbocycles. The van der Waals surface area contributed by atoms with E-state index in [1.807, 2.05) is 0 Å². The molecule has 3 rings (SSSR count). The molecule has 0 unspecified atom stereocenters. The number of amides is 1. The van der Waals surface area contributed by atoms with Crippen molar-refractivity contribution in [2.24, 2.45) is 0 Å². The quantitative estimate of drug-likeness (QED) is 0.670. The number of hydrogen-bond donors (Lipinski definition) is 1. The molecule has 1 N–H and O–H groups in total. The molecule has 132 valence electrons. The van der Waals surface area contributed by atoms with Crippen molar-refractivity contribution in [1.29, 1.82) is 0 Å². The summed E-state index contributed by atoms with van der Waals surface area (Å²) < 4.78 is 10.5. The number of hydrogen-bond acceptors (Lipinski definition) is 5. The molecule has 1 aromatic rings. The summed E-state index contributed by atoms with van der Waals surface area (Å²) in [7, 11) is 1.29. The average Bonchev–Trinajstić information content (AvgIpc) is 3.19. The Hall–Kier alpha value is -2.60. The van der Waals surface area contributed by atoms with E-state index in [1.54, 1.807) is 30.0 Å². The first-order valence-corrected chi connectivity index (χ1v) is 8.25. The Balaban J connectivity index is 2.00. The van der Waals surface area contributed by atoms with Crippen LogP contribution in [-0.2, 0) is 19.1 Å². The molecule has 1 fully saturated rings. The van der Waals surface area contributed by atoms with E-state index in [0.717, 1.165) is 12.8 Å². The lowest BCUT2D eigenvalue weighted by Crippen LogP contribution is -2.33. The second kappa shape index (κ2) is 7.11. The number of aromatic hydroxyl groups is 1. The fourth-order valence-electron chi connectivity index (χ4n) is 3.21. The highest BCUT2D eigenvalue weighted by molar-refractivity contribution is 6.16. The van der Waals surface area contributed by atoms with Crippen molar-refractivity contribution in [2.75, 3.05) is 20.3 Å². The monoisotopic (exact) mass is 343 g/mol. The predicted octanol–water partition coefficient (Wildman–Crippen LogP) is 2.24. The highest BCUT2D eigenvalue weighted by atomic mass is 16.5. The molecule has 0 spiro atoms. The third-order valence-corrected chi connectivity index (χ3v) is 4.55. The van der Waals surface area contributed by atoms with E-state index in [0.29, 0.717) is 24.4 Å². The first kappa shape index (κ1) is 17.2. The van der Waals surface area contributed by atoms with Crippen molar-refractivity contribution in [3.05, 3.63) is 46.7 Å². The first-order chi connectivity index (χ1) is 12.0. The van der Waals surface area contributed by atoms with Crippen LogP contribution in [0.4, 0.5) is 0 Å². The zero-order valence-electron chi connectivity index (χ0n) is 14.3. The van der Waals surface area contributed by atoms with Crippen LogP contribution in [0.5, 0.6) is 5.75 Å². The SMILES string of the molecule is COC(=O)C1=C(C)N(C[C@@H]2CCCO2)C(=O)/C1=C\c1ccccc1O. The third kappa shape index (κ3) is 3.30. The molecule has 25 heavy (non-hydrogen) atoms. The minimum atomic E-state index is -0.567. The molecule has 2 aliphatic heterocycles. The minimum absolute atomic E-state index is 0.0257. The highest BCUT2D eigenvalue weighted by Gasteiger charge is 2.38. The fourth-order valence-corrected chi connectivity index (χ4v) is 3.21. The van der Waals surface area contributed by atoms with Gasteiger partial charge in [0.25, 0.3) is 5.91 Å². The number of carbonyl (C=O) groups excluding carboxylic acids is 2. The zero-order valence-corrected chi connectivity index (χ0v) is 14.3. The molecule has 0 radical (unpaired) electrons. The summed E-state index contributed by atoms with van der Waals surface area (Å²) in [6.45, 7) is 2.83. The smallest absolute Gasteiger partial charge is 0.340 e. The van der Waals surface area contributed by atoms with Gasteiger partial charge in [-0.1, -0.05) is 18.2 Å². The summed E-state index contributed by atoms with van der Waals surface area (Å²) >= 11 is 0. The second-order valence-electron chi connectivity index (χ2n) is 6.12. The number of carbonyl (C=O) groups is 2. The number of phenols is 1. The topological polar surface area (TPSA) is 76.1 Å². The van der Waals surface area contributed by atoms with Gasteiger partial charge in [0.15, 0.2) is 0 Å². The van der Waals surface area contributed by atoms with Gasteiger partial charge in [0.05, 0.1) is 30.9 Å². The molecule has 1 amide bonds. The van der Waals surface area contributed by atoms with Crippen LogP contribution in [0.25, 0.3) is 6.08 Å². The van der Waals surface area contributed by atoms with Crippen LogP contribution in [0.2, 0.25) is 0 Å². The zero-order chi connectivity index (χ0) is 18.0. The number of phenolic OH excluding ortho intramolecular Hbond substituents is 1. The van der Waals surface area contributed by atoms with Crippen molar-refractivity contribution in [2.45, 2.75) is 25.9 Å². The molecule has 6 nitrogen and oxygen atoms in total. The molecule has 0 bridgehead atoms. The molecular weight excluding hydrogens is 322 g/mol. The van der Waals surface area contributed by atoms with Gasteiger partial charge in [-0.05, 0) is 31.9 Å². The van der Waals surface area contributed by atoms with E-state index in [4.69, 9.17) is 9.47 Å². The van der Waals surface area contributed by atoms with Gasteiger partial charge in [-0.2, -0.15) is 0 Å². The molecular formula is C19H21NO5. The van der Waals surface area contributed by atoms with E-state index in [-0.39, 0.29) is 28.9 Å². The number of ether oxygens (including phenoxy) is 2. The summed E-state index contributed by atoms with van der Waals surface area (Å²) in [5, 5.41) is 9.98. The number of allylic oxidation sites excluding steroid dienone is 1. The lowest BCUT2D eigenvalue weighted by molar-refractivity contribution is -0.136. The Kier molecular flexibility index (Phi) is 4.90. The first-order valence-electron chi connectivity index (χ1n) is 8.25. The van der Waals surface area contributed by atoms with E-state index in [1.165, 1.54) is 19.3 Å². The van der Waals surface area contributed by atoms with E-state index in [9.17, 15) is 14.7 Å². The van der Waals surface area contributed by atoms with Gasteiger partial charge >= 0.3 is 5.97 Å². The van der Waals surface area contributed by atoms with Crippen LogP contribution >= 0.6 is 0 Å². The van der Waals surface area contributed by atoms with Crippen LogP contribution in [-0.4, -0.2) is 48.2 Å². The van der Waals surface area contributed by atoms with Gasteiger partial charge in [0.2, 0.25) is 0 Å². The lowest BCUT2D eigenvalue weighted by Gasteiger charge is -2.21. The van der Waals surface area contributed by atoms with E-state index in [2.05, 4.69) is 0 Å². The van der Waals surface area contributed by atoms with Crippen LogP contribution in [0, 0.1) is 0 Å². The molecule has 2 aliphatic rings. The van der Waals surface area contributed by atoms with Crippen LogP contribution < -0.4 is 0 Å². The standard InChI is InChI=1S/C19H21NO5/c1-12-17(19(23)24-2)15(10-13-6-3-4-8-16(13)21)18(22)20(12)11-14-7-5-9-25-14/h3-4,6,8,10,14,21H,5,7,9,11H2,1-2H3/b15-10-/t14-/m0/s1. The third-order valence-electron chi connectivity index (χ3n) is 4.55.